The summed E-state index contributed by atoms with van der Waals surface area (Å²) in [5.41, 5.74) is 3.92. The first kappa shape index (κ1) is 9.85. The fourth-order valence-corrected chi connectivity index (χ4v) is 1.36. The minimum absolute atomic E-state index is 0.716. The Morgan fingerprint density at radius 3 is 2.69 bits per heavy atom. The smallest absolute Gasteiger partial charge is 0.113 e. The summed E-state index contributed by atoms with van der Waals surface area (Å²) in [7, 11) is 0. The van der Waals surface area contributed by atoms with Crippen LogP contribution in [0.2, 0.25) is 0 Å². The number of fused-ring (bicyclic) bond motifs is 1. The molecule has 70 valence electrons. The van der Waals surface area contributed by atoms with Gasteiger partial charge in [0.2, 0.25) is 0 Å². The number of hydrogen-bond acceptors (Lipinski definition) is 1. The second-order valence-electron chi connectivity index (χ2n) is 2.76. The summed E-state index contributed by atoms with van der Waals surface area (Å²) in [4.78, 5) is 0. The highest BCUT2D eigenvalue weighted by molar-refractivity contribution is 5.58. The van der Waals surface area contributed by atoms with Crippen molar-refractivity contribution < 1.29 is 4.74 Å². The first-order valence-corrected chi connectivity index (χ1v) is 4.74. The number of benzene rings is 1. The molecule has 0 aromatic heterocycles. The summed E-state index contributed by atoms with van der Waals surface area (Å²) in [6.45, 7) is 6.84. The van der Waals surface area contributed by atoms with E-state index in [1.165, 1.54) is 16.7 Å². The molecule has 0 N–H and O–H groups in total. The summed E-state index contributed by atoms with van der Waals surface area (Å²) in [6.07, 6.45) is 3.78. The lowest BCUT2D eigenvalue weighted by molar-refractivity contribution is 0.234. The number of ether oxygens (including phenoxy) is 1. The summed E-state index contributed by atoms with van der Waals surface area (Å²) in [5, 5.41) is 0. The molecule has 1 aliphatic heterocycles. The molecule has 13 heavy (non-hydrogen) atoms. The SMILES string of the molecule is CC.Cc1cccc2c1C=COC2. The van der Waals surface area contributed by atoms with E-state index in [2.05, 4.69) is 25.1 Å². The van der Waals surface area contributed by atoms with Crippen molar-refractivity contribution in [3.05, 3.63) is 41.2 Å². The van der Waals surface area contributed by atoms with Gasteiger partial charge >= 0.3 is 0 Å². The molecule has 0 amide bonds. The summed E-state index contributed by atoms with van der Waals surface area (Å²) in [6, 6.07) is 6.29. The minimum Gasteiger partial charge on any atom is -0.496 e. The van der Waals surface area contributed by atoms with Gasteiger partial charge in [0.15, 0.2) is 0 Å². The van der Waals surface area contributed by atoms with Gasteiger partial charge in [0.05, 0.1) is 6.26 Å². The molecule has 0 saturated heterocycles. The molecule has 0 aliphatic carbocycles. The van der Waals surface area contributed by atoms with Crippen molar-refractivity contribution in [3.63, 3.8) is 0 Å². The van der Waals surface area contributed by atoms with Gasteiger partial charge in [-0.25, -0.2) is 0 Å². The molecular weight excluding hydrogens is 160 g/mol. The molecule has 2 rings (SSSR count). The van der Waals surface area contributed by atoms with Crippen molar-refractivity contribution in [2.75, 3.05) is 0 Å². The molecule has 1 heteroatoms. The van der Waals surface area contributed by atoms with Gasteiger partial charge in [-0.2, -0.15) is 0 Å². The van der Waals surface area contributed by atoms with E-state index >= 15 is 0 Å². The monoisotopic (exact) mass is 176 g/mol. The van der Waals surface area contributed by atoms with E-state index < -0.39 is 0 Å². The predicted octanol–water partition coefficient (Wildman–Crippen LogP) is 3.52. The maximum absolute atomic E-state index is 5.17. The highest BCUT2D eigenvalue weighted by atomic mass is 16.5. The largest absolute Gasteiger partial charge is 0.496 e. The van der Waals surface area contributed by atoms with Crippen LogP contribution in [0.4, 0.5) is 0 Å². The Labute approximate surface area is 80.0 Å². The zero-order valence-corrected chi connectivity index (χ0v) is 8.50. The van der Waals surface area contributed by atoms with Crippen LogP contribution < -0.4 is 0 Å². The van der Waals surface area contributed by atoms with Crippen LogP contribution in [0, 0.1) is 6.92 Å². The Kier molecular flexibility index (Phi) is 3.56. The van der Waals surface area contributed by atoms with Gasteiger partial charge in [0.1, 0.15) is 6.61 Å². The second-order valence-corrected chi connectivity index (χ2v) is 2.76. The zero-order chi connectivity index (χ0) is 9.68. The number of rotatable bonds is 0. The first-order valence-electron chi connectivity index (χ1n) is 4.74. The minimum atomic E-state index is 0.716. The van der Waals surface area contributed by atoms with E-state index in [-0.39, 0.29) is 0 Å². The fraction of sp³-hybridized carbons (Fsp3) is 0.333. The van der Waals surface area contributed by atoms with Crippen LogP contribution in [-0.4, -0.2) is 0 Å². The Morgan fingerprint density at radius 1 is 1.23 bits per heavy atom. The standard InChI is InChI=1S/C10H10O.C2H6/c1-8-3-2-4-9-7-11-6-5-10(8)9;1-2/h2-6H,7H2,1H3;1-2H3. The van der Waals surface area contributed by atoms with Gasteiger partial charge in [-0.1, -0.05) is 32.0 Å². The van der Waals surface area contributed by atoms with E-state index in [4.69, 9.17) is 4.74 Å². The predicted molar refractivity (Wildman–Crippen MR) is 56.4 cm³/mol. The molecule has 0 fully saturated rings. The van der Waals surface area contributed by atoms with Crippen LogP contribution in [0.1, 0.15) is 30.5 Å². The maximum atomic E-state index is 5.17. The molecule has 0 spiro atoms. The number of aryl methyl sites for hydroxylation is 1. The third kappa shape index (κ3) is 2.11. The molecule has 1 aliphatic rings. The summed E-state index contributed by atoms with van der Waals surface area (Å²) >= 11 is 0. The average molecular weight is 176 g/mol. The fourth-order valence-electron chi connectivity index (χ4n) is 1.36. The third-order valence-electron chi connectivity index (χ3n) is 1.98. The Balaban J connectivity index is 0.000000396. The molecule has 0 atom stereocenters. The lowest BCUT2D eigenvalue weighted by Crippen LogP contribution is -1.97. The van der Waals surface area contributed by atoms with Crippen molar-refractivity contribution in [2.45, 2.75) is 27.4 Å². The van der Waals surface area contributed by atoms with Crippen LogP contribution in [0.25, 0.3) is 6.08 Å². The van der Waals surface area contributed by atoms with Gasteiger partial charge in [0.25, 0.3) is 0 Å². The molecule has 0 saturated carbocycles. The van der Waals surface area contributed by atoms with E-state index in [9.17, 15) is 0 Å². The Hall–Kier alpha value is -1.24. The van der Waals surface area contributed by atoms with E-state index in [0.717, 1.165) is 0 Å². The molecule has 1 heterocycles. The highest BCUT2D eigenvalue weighted by Gasteiger charge is 2.05. The zero-order valence-electron chi connectivity index (χ0n) is 8.50. The molecule has 0 bridgehead atoms. The molecule has 1 aromatic carbocycles. The van der Waals surface area contributed by atoms with Crippen molar-refractivity contribution in [1.82, 2.24) is 0 Å². The first-order chi connectivity index (χ1) is 6.38. The summed E-state index contributed by atoms with van der Waals surface area (Å²) < 4.78 is 5.17. The Morgan fingerprint density at radius 2 is 2.00 bits per heavy atom. The van der Waals surface area contributed by atoms with E-state index in [1.807, 2.05) is 19.9 Å². The van der Waals surface area contributed by atoms with Crippen molar-refractivity contribution in [3.8, 4) is 0 Å². The van der Waals surface area contributed by atoms with Gasteiger partial charge in [-0.3, -0.25) is 0 Å². The maximum Gasteiger partial charge on any atom is 0.113 e. The van der Waals surface area contributed by atoms with Crippen LogP contribution in [-0.2, 0) is 11.3 Å². The van der Waals surface area contributed by atoms with Gasteiger partial charge in [-0.15, -0.1) is 0 Å². The molecule has 1 nitrogen and oxygen atoms in total. The third-order valence-corrected chi connectivity index (χ3v) is 1.98. The van der Waals surface area contributed by atoms with E-state index in [0.29, 0.717) is 6.61 Å². The quantitative estimate of drug-likeness (QED) is 0.587. The Bertz CT molecular complexity index is 300. The van der Waals surface area contributed by atoms with Crippen molar-refractivity contribution in [2.24, 2.45) is 0 Å². The van der Waals surface area contributed by atoms with Crippen LogP contribution in [0.15, 0.2) is 24.5 Å². The van der Waals surface area contributed by atoms with E-state index in [1.54, 1.807) is 6.26 Å². The topological polar surface area (TPSA) is 9.23 Å². The van der Waals surface area contributed by atoms with Crippen LogP contribution in [0.5, 0.6) is 0 Å². The van der Waals surface area contributed by atoms with Gasteiger partial charge in [0, 0.05) is 0 Å². The molecule has 0 unspecified atom stereocenters. The second kappa shape index (κ2) is 4.70. The lowest BCUT2D eigenvalue weighted by atomic mass is 10.0. The van der Waals surface area contributed by atoms with Crippen molar-refractivity contribution >= 4 is 6.08 Å². The van der Waals surface area contributed by atoms with Gasteiger partial charge < -0.3 is 4.74 Å². The van der Waals surface area contributed by atoms with Gasteiger partial charge in [-0.05, 0) is 29.7 Å². The highest BCUT2D eigenvalue weighted by Crippen LogP contribution is 2.20. The molecule has 0 radical (unpaired) electrons. The lowest BCUT2D eigenvalue weighted by Gasteiger charge is -2.12. The average Bonchev–Trinajstić information content (AvgIpc) is 2.22. The summed E-state index contributed by atoms with van der Waals surface area (Å²) in [5.74, 6) is 0. The number of hydrogen-bond donors (Lipinski definition) is 0. The van der Waals surface area contributed by atoms with Crippen LogP contribution in [0.3, 0.4) is 0 Å². The normalized spacial score (nSPS) is 12.2. The van der Waals surface area contributed by atoms with Crippen LogP contribution >= 0.6 is 0 Å². The molecular formula is C12H16O. The molecule has 1 aromatic rings. The van der Waals surface area contributed by atoms with Crippen molar-refractivity contribution in [1.29, 1.82) is 0 Å².